The van der Waals surface area contributed by atoms with Crippen molar-refractivity contribution in [1.82, 2.24) is 10.3 Å². The number of hydrogen-bond acceptors (Lipinski definition) is 3. The first-order valence-electron chi connectivity index (χ1n) is 6.53. The summed E-state index contributed by atoms with van der Waals surface area (Å²) in [4.78, 5) is 15.8. The van der Waals surface area contributed by atoms with Crippen LogP contribution in [0.2, 0.25) is 0 Å². The van der Waals surface area contributed by atoms with Gasteiger partial charge in [0.2, 0.25) is 5.91 Å². The number of nitrogens with zero attached hydrogens (tertiary/aromatic N) is 1. The molecular formula is C14H22N2O2. The summed E-state index contributed by atoms with van der Waals surface area (Å²) < 4.78 is 0. The van der Waals surface area contributed by atoms with Crippen molar-refractivity contribution < 1.29 is 9.90 Å². The molecule has 4 nitrogen and oxygen atoms in total. The van der Waals surface area contributed by atoms with Gasteiger partial charge >= 0.3 is 0 Å². The Hall–Kier alpha value is -1.42. The lowest BCUT2D eigenvalue weighted by molar-refractivity contribution is -0.121. The van der Waals surface area contributed by atoms with Crippen molar-refractivity contribution in [3.05, 3.63) is 30.1 Å². The van der Waals surface area contributed by atoms with Gasteiger partial charge in [-0.15, -0.1) is 0 Å². The van der Waals surface area contributed by atoms with Crippen molar-refractivity contribution in [2.45, 2.75) is 32.6 Å². The molecule has 0 saturated carbocycles. The lowest BCUT2D eigenvalue weighted by atomic mass is 10.0. The lowest BCUT2D eigenvalue weighted by Crippen LogP contribution is -2.29. The quantitative estimate of drug-likeness (QED) is 0.735. The molecule has 100 valence electrons. The van der Waals surface area contributed by atoms with E-state index in [0.29, 0.717) is 25.3 Å². The smallest absolute Gasteiger partial charge is 0.220 e. The Balaban J connectivity index is 2.21. The Kier molecular flexibility index (Phi) is 7.03. The molecule has 2 N–H and O–H groups in total. The number of aliphatic hydroxyl groups is 1. The SMILES string of the molecule is CCC(CCO)CNC(=O)CCc1ccccn1. The van der Waals surface area contributed by atoms with Crippen molar-refractivity contribution in [1.29, 1.82) is 0 Å². The Labute approximate surface area is 108 Å². The average molecular weight is 250 g/mol. The summed E-state index contributed by atoms with van der Waals surface area (Å²) in [6.45, 7) is 2.90. The molecule has 1 aromatic rings. The average Bonchev–Trinajstić information content (AvgIpc) is 2.42. The molecule has 0 aliphatic carbocycles. The van der Waals surface area contributed by atoms with Gasteiger partial charge in [0, 0.05) is 31.5 Å². The topological polar surface area (TPSA) is 62.2 Å². The van der Waals surface area contributed by atoms with E-state index >= 15 is 0 Å². The molecule has 1 rings (SSSR count). The molecule has 1 unspecified atom stereocenters. The Bertz CT molecular complexity index is 341. The highest BCUT2D eigenvalue weighted by Gasteiger charge is 2.08. The van der Waals surface area contributed by atoms with Gasteiger partial charge in [0.1, 0.15) is 0 Å². The van der Waals surface area contributed by atoms with Crippen molar-refractivity contribution in [2.24, 2.45) is 5.92 Å². The molecule has 0 aliphatic heterocycles. The third-order valence-electron chi connectivity index (χ3n) is 3.04. The highest BCUT2D eigenvalue weighted by molar-refractivity contribution is 5.76. The fourth-order valence-electron chi connectivity index (χ4n) is 1.77. The zero-order valence-corrected chi connectivity index (χ0v) is 10.9. The van der Waals surface area contributed by atoms with E-state index in [1.54, 1.807) is 6.20 Å². The molecule has 0 radical (unpaired) electrons. The lowest BCUT2D eigenvalue weighted by Gasteiger charge is -2.14. The molecule has 0 bridgehead atoms. The molecule has 1 heterocycles. The Morgan fingerprint density at radius 2 is 2.33 bits per heavy atom. The minimum absolute atomic E-state index is 0.0528. The number of aromatic nitrogens is 1. The zero-order valence-electron chi connectivity index (χ0n) is 10.9. The third kappa shape index (κ3) is 5.77. The van der Waals surface area contributed by atoms with Crippen LogP contribution in [0.25, 0.3) is 0 Å². The maximum Gasteiger partial charge on any atom is 0.220 e. The van der Waals surface area contributed by atoms with Crippen LogP contribution in [-0.2, 0) is 11.2 Å². The van der Waals surface area contributed by atoms with Crippen LogP contribution in [-0.4, -0.2) is 29.1 Å². The van der Waals surface area contributed by atoms with E-state index in [9.17, 15) is 4.79 Å². The zero-order chi connectivity index (χ0) is 13.2. The number of amides is 1. The summed E-state index contributed by atoms with van der Waals surface area (Å²) in [6, 6.07) is 5.72. The van der Waals surface area contributed by atoms with Crippen molar-refractivity contribution in [2.75, 3.05) is 13.2 Å². The van der Waals surface area contributed by atoms with Gasteiger partial charge in [-0.3, -0.25) is 9.78 Å². The predicted octanol–water partition coefficient (Wildman–Crippen LogP) is 1.54. The monoisotopic (exact) mass is 250 g/mol. The highest BCUT2D eigenvalue weighted by atomic mass is 16.3. The van der Waals surface area contributed by atoms with E-state index in [4.69, 9.17) is 5.11 Å². The summed E-state index contributed by atoms with van der Waals surface area (Å²) in [7, 11) is 0. The number of hydrogen-bond donors (Lipinski definition) is 2. The van der Waals surface area contributed by atoms with E-state index < -0.39 is 0 Å². The van der Waals surface area contributed by atoms with Crippen LogP contribution in [0.4, 0.5) is 0 Å². The first-order valence-corrected chi connectivity index (χ1v) is 6.53. The summed E-state index contributed by atoms with van der Waals surface area (Å²) in [5, 5.41) is 11.8. The molecule has 0 aliphatic rings. The number of nitrogens with one attached hydrogen (secondary N) is 1. The molecule has 0 spiro atoms. The predicted molar refractivity (Wildman–Crippen MR) is 71.1 cm³/mol. The van der Waals surface area contributed by atoms with E-state index in [1.165, 1.54) is 0 Å². The number of aryl methyl sites for hydroxylation is 1. The molecule has 4 heteroatoms. The largest absolute Gasteiger partial charge is 0.396 e. The molecular weight excluding hydrogens is 228 g/mol. The van der Waals surface area contributed by atoms with E-state index in [1.807, 2.05) is 18.2 Å². The van der Waals surface area contributed by atoms with Gasteiger partial charge in [0.05, 0.1) is 0 Å². The number of carbonyl (C=O) groups is 1. The van der Waals surface area contributed by atoms with Gasteiger partial charge < -0.3 is 10.4 Å². The first-order chi connectivity index (χ1) is 8.76. The minimum atomic E-state index is 0.0528. The van der Waals surface area contributed by atoms with Crippen LogP contribution >= 0.6 is 0 Å². The van der Waals surface area contributed by atoms with Crippen LogP contribution < -0.4 is 5.32 Å². The van der Waals surface area contributed by atoms with Gasteiger partial charge in [-0.05, 0) is 30.9 Å². The summed E-state index contributed by atoms with van der Waals surface area (Å²) in [5.41, 5.74) is 0.940. The fraction of sp³-hybridized carbons (Fsp3) is 0.571. The molecule has 0 fully saturated rings. The van der Waals surface area contributed by atoms with Gasteiger partial charge in [-0.1, -0.05) is 19.4 Å². The molecule has 1 aromatic heterocycles. The van der Waals surface area contributed by atoms with Crippen molar-refractivity contribution in [3.63, 3.8) is 0 Å². The standard InChI is InChI=1S/C14H22N2O2/c1-2-12(8-10-17)11-16-14(18)7-6-13-5-3-4-9-15-13/h3-5,9,12,17H,2,6-8,10-11H2,1H3,(H,16,18). The molecule has 1 atom stereocenters. The molecule has 18 heavy (non-hydrogen) atoms. The highest BCUT2D eigenvalue weighted by Crippen LogP contribution is 2.06. The minimum Gasteiger partial charge on any atom is -0.396 e. The van der Waals surface area contributed by atoms with E-state index in [0.717, 1.165) is 18.5 Å². The normalized spacial score (nSPS) is 12.1. The number of carbonyl (C=O) groups excluding carboxylic acids is 1. The number of pyridine rings is 1. The maximum absolute atomic E-state index is 11.6. The van der Waals surface area contributed by atoms with Gasteiger partial charge in [-0.2, -0.15) is 0 Å². The number of aliphatic hydroxyl groups excluding tert-OH is 1. The van der Waals surface area contributed by atoms with Gasteiger partial charge in [-0.25, -0.2) is 0 Å². The van der Waals surface area contributed by atoms with Crippen LogP contribution in [0.3, 0.4) is 0 Å². The molecule has 0 saturated heterocycles. The second-order valence-electron chi connectivity index (χ2n) is 4.41. The molecule has 0 aromatic carbocycles. The second kappa shape index (κ2) is 8.64. The van der Waals surface area contributed by atoms with Crippen LogP contribution in [0, 0.1) is 5.92 Å². The maximum atomic E-state index is 11.6. The van der Waals surface area contributed by atoms with Crippen molar-refractivity contribution >= 4 is 5.91 Å². The summed E-state index contributed by atoms with van der Waals surface area (Å²) >= 11 is 0. The summed E-state index contributed by atoms with van der Waals surface area (Å²) in [6.07, 6.45) is 4.59. The van der Waals surface area contributed by atoms with Crippen LogP contribution in [0.5, 0.6) is 0 Å². The Morgan fingerprint density at radius 1 is 1.50 bits per heavy atom. The first kappa shape index (κ1) is 14.6. The van der Waals surface area contributed by atoms with Gasteiger partial charge in [0.15, 0.2) is 0 Å². The molecule has 1 amide bonds. The summed E-state index contributed by atoms with van der Waals surface area (Å²) in [5.74, 6) is 0.422. The van der Waals surface area contributed by atoms with Gasteiger partial charge in [0.25, 0.3) is 0 Å². The van der Waals surface area contributed by atoms with Crippen LogP contribution in [0.1, 0.15) is 31.9 Å². The van der Waals surface area contributed by atoms with E-state index in [2.05, 4.69) is 17.2 Å². The third-order valence-corrected chi connectivity index (χ3v) is 3.04. The second-order valence-corrected chi connectivity index (χ2v) is 4.41. The van der Waals surface area contributed by atoms with Crippen LogP contribution in [0.15, 0.2) is 24.4 Å². The number of rotatable bonds is 8. The van der Waals surface area contributed by atoms with Crippen molar-refractivity contribution in [3.8, 4) is 0 Å². The Morgan fingerprint density at radius 3 is 2.94 bits per heavy atom. The van der Waals surface area contributed by atoms with E-state index in [-0.39, 0.29) is 12.5 Å². The fourth-order valence-corrected chi connectivity index (χ4v) is 1.77.